The lowest BCUT2D eigenvalue weighted by Gasteiger charge is -2.09. The van der Waals surface area contributed by atoms with Crippen molar-refractivity contribution in [1.82, 2.24) is 20.0 Å². The summed E-state index contributed by atoms with van der Waals surface area (Å²) in [5, 5.41) is 12.2. The molecule has 0 unspecified atom stereocenters. The van der Waals surface area contributed by atoms with Crippen LogP contribution in [0.15, 0.2) is 42.7 Å². The molecule has 0 aliphatic carbocycles. The maximum absolute atomic E-state index is 6.21. The lowest BCUT2D eigenvalue weighted by atomic mass is 10.0. The monoisotopic (exact) mass is 281 g/mol. The van der Waals surface area contributed by atoms with E-state index < -0.39 is 0 Å². The number of para-hydroxylation sites is 1. The highest BCUT2D eigenvalue weighted by atomic mass is 16.5. The molecule has 0 amide bonds. The third-order valence-electron chi connectivity index (χ3n) is 3.33. The summed E-state index contributed by atoms with van der Waals surface area (Å²) in [6.45, 7) is 0. The SMILES string of the molecule is COc1ccccc1-c1c(-c2ccnnc2)nn(C)c1N. The van der Waals surface area contributed by atoms with E-state index in [-0.39, 0.29) is 0 Å². The lowest BCUT2D eigenvalue weighted by Crippen LogP contribution is -1.98. The van der Waals surface area contributed by atoms with E-state index in [9.17, 15) is 0 Å². The number of ether oxygens (including phenoxy) is 1. The molecule has 3 rings (SSSR count). The van der Waals surface area contributed by atoms with Gasteiger partial charge < -0.3 is 10.5 Å². The van der Waals surface area contributed by atoms with Gasteiger partial charge in [0.05, 0.1) is 25.1 Å². The first-order chi connectivity index (χ1) is 10.2. The Hall–Kier alpha value is -2.89. The van der Waals surface area contributed by atoms with Crippen LogP contribution < -0.4 is 10.5 Å². The number of anilines is 1. The molecule has 0 saturated carbocycles. The maximum atomic E-state index is 6.21. The molecule has 0 fully saturated rings. The highest BCUT2D eigenvalue weighted by Crippen LogP contribution is 2.39. The van der Waals surface area contributed by atoms with E-state index in [1.54, 1.807) is 24.2 Å². The molecule has 2 heterocycles. The molecule has 6 nitrogen and oxygen atoms in total. The van der Waals surface area contributed by atoms with E-state index in [0.29, 0.717) is 5.82 Å². The molecule has 1 aromatic carbocycles. The fourth-order valence-corrected chi connectivity index (χ4v) is 2.29. The zero-order chi connectivity index (χ0) is 14.8. The summed E-state index contributed by atoms with van der Waals surface area (Å²) in [7, 11) is 3.45. The molecule has 3 aromatic rings. The summed E-state index contributed by atoms with van der Waals surface area (Å²) >= 11 is 0. The number of hydrogen-bond donors (Lipinski definition) is 1. The van der Waals surface area contributed by atoms with Gasteiger partial charge in [-0.05, 0) is 12.1 Å². The number of methoxy groups -OCH3 is 1. The summed E-state index contributed by atoms with van der Waals surface area (Å²) in [4.78, 5) is 0. The molecule has 0 spiro atoms. The van der Waals surface area contributed by atoms with Crippen LogP contribution in [0.5, 0.6) is 5.75 Å². The van der Waals surface area contributed by atoms with E-state index in [1.165, 1.54) is 0 Å². The molecule has 6 heteroatoms. The van der Waals surface area contributed by atoms with Crippen molar-refractivity contribution in [1.29, 1.82) is 0 Å². The Morgan fingerprint density at radius 2 is 1.95 bits per heavy atom. The summed E-state index contributed by atoms with van der Waals surface area (Å²) in [5.41, 5.74) is 9.56. The average molecular weight is 281 g/mol. The van der Waals surface area contributed by atoms with Gasteiger partial charge in [-0.15, -0.1) is 0 Å². The zero-order valence-corrected chi connectivity index (χ0v) is 11.8. The summed E-state index contributed by atoms with van der Waals surface area (Å²) in [6, 6.07) is 9.58. The van der Waals surface area contributed by atoms with Gasteiger partial charge in [-0.3, -0.25) is 4.68 Å². The van der Waals surface area contributed by atoms with E-state index >= 15 is 0 Å². The van der Waals surface area contributed by atoms with Gasteiger partial charge in [-0.1, -0.05) is 18.2 Å². The molecular formula is C15H15N5O. The second kappa shape index (κ2) is 5.24. The minimum absolute atomic E-state index is 0.575. The summed E-state index contributed by atoms with van der Waals surface area (Å²) < 4.78 is 7.08. The Morgan fingerprint density at radius 1 is 1.14 bits per heavy atom. The van der Waals surface area contributed by atoms with Crippen LogP contribution in [0.25, 0.3) is 22.4 Å². The minimum atomic E-state index is 0.575. The Bertz CT molecular complexity index is 767. The first-order valence-corrected chi connectivity index (χ1v) is 6.45. The van der Waals surface area contributed by atoms with Crippen molar-refractivity contribution in [3.63, 3.8) is 0 Å². The van der Waals surface area contributed by atoms with Crippen LogP contribution in [-0.2, 0) is 7.05 Å². The Morgan fingerprint density at radius 3 is 2.67 bits per heavy atom. The van der Waals surface area contributed by atoms with Crippen molar-refractivity contribution in [2.45, 2.75) is 0 Å². The molecule has 2 aromatic heterocycles. The van der Waals surface area contributed by atoms with Crippen LogP contribution in [0.1, 0.15) is 0 Å². The topological polar surface area (TPSA) is 78.9 Å². The van der Waals surface area contributed by atoms with Gasteiger partial charge in [0, 0.05) is 18.2 Å². The molecule has 0 bridgehead atoms. The molecule has 0 saturated heterocycles. The number of nitrogen functional groups attached to an aromatic ring is 1. The standard InChI is InChI=1S/C15H15N5O/c1-20-15(16)13(11-5-3-4-6-12(11)21-2)14(19-20)10-7-8-17-18-9-10/h3-9H,16H2,1-2H3. The predicted octanol–water partition coefficient (Wildman–Crippen LogP) is 2.13. The maximum Gasteiger partial charge on any atom is 0.130 e. The number of rotatable bonds is 3. The zero-order valence-electron chi connectivity index (χ0n) is 11.8. The van der Waals surface area contributed by atoms with Gasteiger partial charge in [0.25, 0.3) is 0 Å². The third kappa shape index (κ3) is 2.20. The van der Waals surface area contributed by atoms with Crippen LogP contribution in [-0.4, -0.2) is 27.1 Å². The highest BCUT2D eigenvalue weighted by molar-refractivity contribution is 5.90. The molecule has 106 valence electrons. The van der Waals surface area contributed by atoms with E-state index in [1.807, 2.05) is 37.4 Å². The molecule has 0 radical (unpaired) electrons. The van der Waals surface area contributed by atoms with Crippen molar-refractivity contribution in [3.05, 3.63) is 42.7 Å². The number of nitrogens with two attached hydrogens (primary N) is 1. The fourth-order valence-electron chi connectivity index (χ4n) is 2.29. The molecule has 2 N–H and O–H groups in total. The van der Waals surface area contributed by atoms with Gasteiger partial charge in [-0.25, -0.2) is 0 Å². The Balaban J connectivity index is 2.28. The highest BCUT2D eigenvalue weighted by Gasteiger charge is 2.20. The molecule has 0 atom stereocenters. The molecule has 21 heavy (non-hydrogen) atoms. The van der Waals surface area contributed by atoms with Gasteiger partial charge >= 0.3 is 0 Å². The first kappa shape index (κ1) is 13.1. The Labute approximate surface area is 122 Å². The van der Waals surface area contributed by atoms with Gasteiger partial charge in [0.2, 0.25) is 0 Å². The lowest BCUT2D eigenvalue weighted by molar-refractivity contribution is 0.416. The number of hydrogen-bond acceptors (Lipinski definition) is 5. The van der Waals surface area contributed by atoms with E-state index in [0.717, 1.165) is 28.1 Å². The predicted molar refractivity (Wildman–Crippen MR) is 80.6 cm³/mol. The van der Waals surface area contributed by atoms with Gasteiger partial charge in [0.1, 0.15) is 17.3 Å². The smallest absolute Gasteiger partial charge is 0.130 e. The summed E-state index contributed by atoms with van der Waals surface area (Å²) in [6.07, 6.45) is 3.30. The Kier molecular flexibility index (Phi) is 3.27. The van der Waals surface area contributed by atoms with Crippen LogP contribution in [0, 0.1) is 0 Å². The van der Waals surface area contributed by atoms with Crippen molar-refractivity contribution < 1.29 is 4.74 Å². The van der Waals surface area contributed by atoms with E-state index in [2.05, 4.69) is 15.3 Å². The van der Waals surface area contributed by atoms with Gasteiger partial charge in [-0.2, -0.15) is 15.3 Å². The van der Waals surface area contributed by atoms with Crippen molar-refractivity contribution in [2.75, 3.05) is 12.8 Å². The second-order valence-electron chi connectivity index (χ2n) is 4.56. The van der Waals surface area contributed by atoms with Crippen LogP contribution in [0.3, 0.4) is 0 Å². The molecule has 0 aliphatic rings. The van der Waals surface area contributed by atoms with E-state index in [4.69, 9.17) is 10.5 Å². The fraction of sp³-hybridized carbons (Fsp3) is 0.133. The van der Waals surface area contributed by atoms with Crippen LogP contribution in [0.2, 0.25) is 0 Å². The molecule has 0 aliphatic heterocycles. The average Bonchev–Trinajstić information content (AvgIpc) is 2.83. The van der Waals surface area contributed by atoms with Crippen LogP contribution in [0.4, 0.5) is 5.82 Å². The number of aryl methyl sites for hydroxylation is 1. The van der Waals surface area contributed by atoms with Crippen molar-refractivity contribution >= 4 is 5.82 Å². The van der Waals surface area contributed by atoms with Crippen molar-refractivity contribution in [3.8, 4) is 28.1 Å². The first-order valence-electron chi connectivity index (χ1n) is 6.45. The van der Waals surface area contributed by atoms with Crippen molar-refractivity contribution in [2.24, 2.45) is 7.05 Å². The quantitative estimate of drug-likeness (QED) is 0.795. The number of nitrogens with zero attached hydrogens (tertiary/aromatic N) is 4. The largest absolute Gasteiger partial charge is 0.496 e. The molecular weight excluding hydrogens is 266 g/mol. The number of aromatic nitrogens is 4. The minimum Gasteiger partial charge on any atom is -0.496 e. The van der Waals surface area contributed by atoms with Crippen LogP contribution >= 0.6 is 0 Å². The summed E-state index contributed by atoms with van der Waals surface area (Å²) in [5.74, 6) is 1.33. The van der Waals surface area contributed by atoms with Gasteiger partial charge in [0.15, 0.2) is 0 Å². The second-order valence-corrected chi connectivity index (χ2v) is 4.56. The number of benzene rings is 1. The third-order valence-corrected chi connectivity index (χ3v) is 3.33. The normalized spacial score (nSPS) is 10.6.